The molecule has 72 valence electrons. The number of carbonyl (C=O) groups excluding carboxylic acids is 1. The van der Waals surface area contributed by atoms with Crippen LogP contribution in [-0.4, -0.2) is 5.78 Å². The minimum absolute atomic E-state index is 0.0821. The first-order chi connectivity index (χ1) is 6.68. The maximum atomic E-state index is 11.5. The average molecular weight is 225 g/mol. The summed E-state index contributed by atoms with van der Waals surface area (Å²) in [6, 6.07) is 1.99. The van der Waals surface area contributed by atoms with E-state index in [1.807, 2.05) is 29.8 Å². The van der Waals surface area contributed by atoms with Crippen molar-refractivity contribution in [3.63, 3.8) is 0 Å². The summed E-state index contributed by atoms with van der Waals surface area (Å²) in [6.07, 6.45) is 3.54. The molecule has 2 rings (SSSR count). The molecular formula is C11H9ClOS. The Morgan fingerprint density at radius 3 is 2.79 bits per heavy atom. The molecule has 0 saturated heterocycles. The molecule has 1 aliphatic rings. The van der Waals surface area contributed by atoms with Crippen molar-refractivity contribution in [3.8, 4) is 0 Å². The highest BCUT2D eigenvalue weighted by Gasteiger charge is 2.20. The molecule has 1 atom stereocenters. The van der Waals surface area contributed by atoms with Crippen LogP contribution in [-0.2, 0) is 4.79 Å². The smallest absolute Gasteiger partial charge is 0.164 e. The molecule has 0 bridgehead atoms. The third-order valence-corrected chi connectivity index (χ3v) is 3.41. The maximum Gasteiger partial charge on any atom is 0.164 e. The van der Waals surface area contributed by atoms with Crippen LogP contribution in [0.2, 0.25) is 0 Å². The van der Waals surface area contributed by atoms with E-state index in [-0.39, 0.29) is 11.7 Å². The van der Waals surface area contributed by atoms with Crippen molar-refractivity contribution in [1.29, 1.82) is 0 Å². The minimum Gasteiger partial charge on any atom is -0.294 e. The van der Waals surface area contributed by atoms with Crippen LogP contribution in [0.1, 0.15) is 12.5 Å². The first-order valence-electron chi connectivity index (χ1n) is 4.33. The fourth-order valence-corrected chi connectivity index (χ4v) is 2.21. The van der Waals surface area contributed by atoms with Gasteiger partial charge in [-0.25, -0.2) is 0 Å². The number of allylic oxidation sites excluding steroid dienone is 4. The quantitative estimate of drug-likeness (QED) is 0.714. The largest absolute Gasteiger partial charge is 0.294 e. The van der Waals surface area contributed by atoms with Gasteiger partial charge in [-0.2, -0.15) is 11.3 Å². The molecule has 0 N–H and O–H groups in total. The molecule has 1 aliphatic carbocycles. The van der Waals surface area contributed by atoms with E-state index in [0.29, 0.717) is 5.03 Å². The number of halogens is 1. The second kappa shape index (κ2) is 3.71. The Balaban J connectivity index is 2.40. The normalized spacial score (nSPS) is 21.9. The minimum atomic E-state index is -0.181. The van der Waals surface area contributed by atoms with E-state index in [9.17, 15) is 4.79 Å². The standard InChI is InChI=1S/C11H9ClOS/c1-7-10(12)4-9(5-11(7)13)8-2-3-14-6-8/h2-7H,1H3. The first kappa shape index (κ1) is 9.69. The van der Waals surface area contributed by atoms with E-state index in [2.05, 4.69) is 0 Å². The number of hydrogen-bond donors (Lipinski definition) is 0. The van der Waals surface area contributed by atoms with Gasteiger partial charge in [0.25, 0.3) is 0 Å². The van der Waals surface area contributed by atoms with Crippen molar-refractivity contribution in [3.05, 3.63) is 39.6 Å². The maximum absolute atomic E-state index is 11.5. The highest BCUT2D eigenvalue weighted by Crippen LogP contribution is 2.29. The van der Waals surface area contributed by atoms with Gasteiger partial charge in [0, 0.05) is 5.03 Å². The van der Waals surface area contributed by atoms with Gasteiger partial charge in [-0.15, -0.1) is 0 Å². The molecular weight excluding hydrogens is 216 g/mol. The van der Waals surface area contributed by atoms with E-state index in [1.54, 1.807) is 17.4 Å². The number of carbonyl (C=O) groups is 1. The zero-order valence-corrected chi connectivity index (χ0v) is 9.23. The second-order valence-corrected chi connectivity index (χ2v) is 4.48. The molecule has 1 heterocycles. The molecule has 14 heavy (non-hydrogen) atoms. The fourth-order valence-electron chi connectivity index (χ4n) is 1.32. The number of hydrogen-bond acceptors (Lipinski definition) is 2. The highest BCUT2D eigenvalue weighted by molar-refractivity contribution is 7.08. The molecule has 0 amide bonds. The summed E-state index contributed by atoms with van der Waals surface area (Å²) in [5.41, 5.74) is 1.98. The lowest BCUT2D eigenvalue weighted by atomic mass is 9.94. The van der Waals surface area contributed by atoms with Crippen LogP contribution in [0.25, 0.3) is 5.57 Å². The van der Waals surface area contributed by atoms with Crippen molar-refractivity contribution in [2.75, 3.05) is 0 Å². The van der Waals surface area contributed by atoms with E-state index in [0.717, 1.165) is 11.1 Å². The fraction of sp³-hybridized carbons (Fsp3) is 0.182. The SMILES string of the molecule is CC1C(=O)C=C(c2ccsc2)C=C1Cl. The van der Waals surface area contributed by atoms with Gasteiger partial charge in [-0.1, -0.05) is 18.5 Å². The van der Waals surface area contributed by atoms with Crippen LogP contribution in [0, 0.1) is 5.92 Å². The second-order valence-electron chi connectivity index (χ2n) is 3.26. The Morgan fingerprint density at radius 2 is 2.21 bits per heavy atom. The molecule has 1 unspecified atom stereocenters. The molecule has 0 fully saturated rings. The van der Waals surface area contributed by atoms with Crippen LogP contribution in [0.15, 0.2) is 34.0 Å². The van der Waals surface area contributed by atoms with Crippen molar-refractivity contribution >= 4 is 34.3 Å². The first-order valence-corrected chi connectivity index (χ1v) is 5.66. The average Bonchev–Trinajstić information content (AvgIpc) is 2.66. The third kappa shape index (κ3) is 1.68. The lowest BCUT2D eigenvalue weighted by Crippen LogP contribution is -2.12. The predicted molar refractivity (Wildman–Crippen MR) is 60.4 cm³/mol. The molecule has 0 aromatic carbocycles. The lowest BCUT2D eigenvalue weighted by molar-refractivity contribution is -0.116. The zero-order valence-electron chi connectivity index (χ0n) is 7.66. The number of ketones is 1. The summed E-state index contributed by atoms with van der Waals surface area (Å²) < 4.78 is 0. The highest BCUT2D eigenvalue weighted by atomic mass is 35.5. The zero-order chi connectivity index (χ0) is 10.1. The topological polar surface area (TPSA) is 17.1 Å². The van der Waals surface area contributed by atoms with Gasteiger partial charge in [-0.3, -0.25) is 4.79 Å². The number of rotatable bonds is 1. The number of thiophene rings is 1. The molecule has 0 radical (unpaired) electrons. The van der Waals surface area contributed by atoms with Gasteiger partial charge >= 0.3 is 0 Å². The predicted octanol–water partition coefficient (Wildman–Crippen LogP) is 3.47. The van der Waals surface area contributed by atoms with Gasteiger partial charge in [0.15, 0.2) is 5.78 Å². The Labute approximate surface area is 91.7 Å². The van der Waals surface area contributed by atoms with E-state index in [4.69, 9.17) is 11.6 Å². The van der Waals surface area contributed by atoms with Crippen molar-refractivity contribution in [2.45, 2.75) is 6.92 Å². The van der Waals surface area contributed by atoms with Gasteiger partial charge < -0.3 is 0 Å². The van der Waals surface area contributed by atoms with E-state index < -0.39 is 0 Å². The Kier molecular flexibility index (Phi) is 2.57. The summed E-state index contributed by atoms with van der Waals surface area (Å²) in [6.45, 7) is 1.82. The summed E-state index contributed by atoms with van der Waals surface area (Å²) >= 11 is 7.59. The van der Waals surface area contributed by atoms with Crippen molar-refractivity contribution < 1.29 is 4.79 Å². The van der Waals surface area contributed by atoms with E-state index >= 15 is 0 Å². The van der Waals surface area contributed by atoms with Gasteiger partial charge in [-0.05, 0) is 40.1 Å². The van der Waals surface area contributed by atoms with E-state index in [1.165, 1.54) is 0 Å². The molecule has 3 heteroatoms. The molecule has 0 saturated carbocycles. The summed E-state index contributed by atoms with van der Waals surface area (Å²) in [4.78, 5) is 11.5. The van der Waals surface area contributed by atoms with Crippen molar-refractivity contribution in [1.82, 2.24) is 0 Å². The lowest BCUT2D eigenvalue weighted by Gasteiger charge is -2.13. The van der Waals surface area contributed by atoms with Crippen LogP contribution in [0.5, 0.6) is 0 Å². The third-order valence-electron chi connectivity index (χ3n) is 2.29. The molecule has 0 spiro atoms. The van der Waals surface area contributed by atoms with Gasteiger partial charge in [0.1, 0.15) is 0 Å². The monoisotopic (exact) mass is 224 g/mol. The molecule has 1 aromatic rings. The Morgan fingerprint density at radius 1 is 1.43 bits per heavy atom. The van der Waals surface area contributed by atoms with Gasteiger partial charge in [0.2, 0.25) is 0 Å². The van der Waals surface area contributed by atoms with Crippen LogP contribution in [0.3, 0.4) is 0 Å². The summed E-state index contributed by atoms with van der Waals surface area (Å²) in [5, 5.41) is 4.62. The Hall–Kier alpha value is -0.860. The molecule has 1 nitrogen and oxygen atoms in total. The van der Waals surface area contributed by atoms with Crippen molar-refractivity contribution in [2.24, 2.45) is 5.92 Å². The Bertz CT molecular complexity index is 415. The van der Waals surface area contributed by atoms with Gasteiger partial charge in [0.05, 0.1) is 5.92 Å². The van der Waals surface area contributed by atoms with Crippen LogP contribution < -0.4 is 0 Å². The molecule has 1 aromatic heterocycles. The summed E-state index contributed by atoms with van der Waals surface area (Å²) in [7, 11) is 0. The molecule has 0 aliphatic heterocycles. The van der Waals surface area contributed by atoms with Crippen LogP contribution >= 0.6 is 22.9 Å². The van der Waals surface area contributed by atoms with Crippen LogP contribution in [0.4, 0.5) is 0 Å². The summed E-state index contributed by atoms with van der Waals surface area (Å²) in [5.74, 6) is -0.0993.